The van der Waals surface area contributed by atoms with Crippen molar-refractivity contribution < 1.29 is 9.47 Å². The molecule has 0 saturated carbocycles. The molecule has 1 saturated heterocycles. The second-order valence-corrected chi connectivity index (χ2v) is 4.69. The molecular formula is C12H26N2O2. The Balaban J connectivity index is 2.37. The Bertz CT molecular complexity index is 174. The molecule has 0 aromatic carbocycles. The van der Waals surface area contributed by atoms with Gasteiger partial charge >= 0.3 is 0 Å². The highest BCUT2D eigenvalue weighted by Crippen LogP contribution is 2.10. The number of hydrogen-bond donors (Lipinski definition) is 1. The van der Waals surface area contributed by atoms with Gasteiger partial charge in [0.2, 0.25) is 0 Å². The molecule has 16 heavy (non-hydrogen) atoms. The fourth-order valence-electron chi connectivity index (χ4n) is 2.41. The summed E-state index contributed by atoms with van der Waals surface area (Å²) in [7, 11) is 1.76. The van der Waals surface area contributed by atoms with Gasteiger partial charge in [0.15, 0.2) is 0 Å². The average molecular weight is 230 g/mol. The summed E-state index contributed by atoms with van der Waals surface area (Å²) in [5.41, 5.74) is 0. The highest BCUT2D eigenvalue weighted by molar-refractivity contribution is 4.78. The summed E-state index contributed by atoms with van der Waals surface area (Å²) in [5.74, 6) is 0. The van der Waals surface area contributed by atoms with Crippen LogP contribution in [0, 0.1) is 0 Å². The van der Waals surface area contributed by atoms with Gasteiger partial charge in [0, 0.05) is 32.8 Å². The minimum atomic E-state index is 0.341. The summed E-state index contributed by atoms with van der Waals surface area (Å²) in [5, 5.41) is 3.45. The van der Waals surface area contributed by atoms with E-state index in [0.717, 1.165) is 32.8 Å². The summed E-state index contributed by atoms with van der Waals surface area (Å²) in [6.45, 7) is 11.3. The zero-order chi connectivity index (χ0) is 12.0. The molecule has 1 N–H and O–H groups in total. The van der Waals surface area contributed by atoms with Crippen LogP contribution in [0.2, 0.25) is 0 Å². The lowest BCUT2D eigenvalue weighted by Crippen LogP contribution is -2.51. The van der Waals surface area contributed by atoms with Crippen molar-refractivity contribution in [3.63, 3.8) is 0 Å². The minimum absolute atomic E-state index is 0.341. The molecule has 1 aliphatic rings. The monoisotopic (exact) mass is 230 g/mol. The second-order valence-electron chi connectivity index (χ2n) is 4.69. The van der Waals surface area contributed by atoms with E-state index in [1.165, 1.54) is 0 Å². The molecule has 3 unspecified atom stereocenters. The fraction of sp³-hybridized carbons (Fsp3) is 1.00. The van der Waals surface area contributed by atoms with E-state index < -0.39 is 0 Å². The molecule has 0 spiro atoms. The van der Waals surface area contributed by atoms with Crippen molar-refractivity contribution in [1.29, 1.82) is 0 Å². The first-order valence-corrected chi connectivity index (χ1v) is 6.25. The standard InChI is InChI=1S/C12H26N2O2/c1-5-13-12(9-15-4)8-14-6-10(2)16-11(3)7-14/h10-13H,5-9H2,1-4H3. The van der Waals surface area contributed by atoms with E-state index in [1.54, 1.807) is 7.11 Å². The van der Waals surface area contributed by atoms with Crippen molar-refractivity contribution in [3.8, 4) is 0 Å². The zero-order valence-electron chi connectivity index (χ0n) is 11.0. The number of rotatable bonds is 6. The van der Waals surface area contributed by atoms with Crippen LogP contribution in [0.5, 0.6) is 0 Å². The summed E-state index contributed by atoms with van der Waals surface area (Å²) < 4.78 is 11.0. The molecule has 1 rings (SSSR count). The fourth-order valence-corrected chi connectivity index (χ4v) is 2.41. The minimum Gasteiger partial charge on any atom is -0.383 e. The van der Waals surface area contributed by atoms with E-state index >= 15 is 0 Å². The Morgan fingerprint density at radius 3 is 2.50 bits per heavy atom. The van der Waals surface area contributed by atoms with Crippen LogP contribution in [0.15, 0.2) is 0 Å². The van der Waals surface area contributed by atoms with Gasteiger partial charge in [0.05, 0.1) is 18.8 Å². The predicted molar refractivity (Wildman–Crippen MR) is 65.8 cm³/mol. The Morgan fingerprint density at radius 2 is 2.00 bits per heavy atom. The molecule has 0 aliphatic carbocycles. The molecule has 0 bridgehead atoms. The molecule has 4 nitrogen and oxygen atoms in total. The zero-order valence-corrected chi connectivity index (χ0v) is 11.0. The molecule has 4 heteroatoms. The lowest BCUT2D eigenvalue weighted by Gasteiger charge is -2.37. The molecule has 3 atom stereocenters. The first-order chi connectivity index (χ1) is 7.65. The Kier molecular flexibility index (Phi) is 6.28. The molecule has 1 fully saturated rings. The van der Waals surface area contributed by atoms with Crippen LogP contribution < -0.4 is 5.32 Å². The molecule has 1 heterocycles. The molecule has 0 aromatic rings. The predicted octanol–water partition coefficient (Wildman–Crippen LogP) is 0.720. The van der Waals surface area contributed by atoms with Gasteiger partial charge in [0.25, 0.3) is 0 Å². The van der Waals surface area contributed by atoms with E-state index in [-0.39, 0.29) is 0 Å². The van der Waals surface area contributed by atoms with E-state index in [2.05, 4.69) is 31.0 Å². The summed E-state index contributed by atoms with van der Waals surface area (Å²) in [4.78, 5) is 2.46. The normalized spacial score (nSPS) is 29.2. The van der Waals surface area contributed by atoms with Gasteiger partial charge in [-0.15, -0.1) is 0 Å². The second kappa shape index (κ2) is 7.22. The number of morpholine rings is 1. The van der Waals surface area contributed by atoms with E-state index in [4.69, 9.17) is 9.47 Å². The van der Waals surface area contributed by atoms with Gasteiger partial charge in [-0.1, -0.05) is 6.92 Å². The number of hydrogen-bond acceptors (Lipinski definition) is 4. The van der Waals surface area contributed by atoms with Gasteiger partial charge in [-0.3, -0.25) is 4.90 Å². The topological polar surface area (TPSA) is 33.7 Å². The van der Waals surface area contributed by atoms with E-state index in [0.29, 0.717) is 18.2 Å². The largest absolute Gasteiger partial charge is 0.383 e. The smallest absolute Gasteiger partial charge is 0.0678 e. The maximum atomic E-state index is 5.72. The number of ether oxygens (including phenoxy) is 2. The molecule has 0 amide bonds. The maximum Gasteiger partial charge on any atom is 0.0678 e. The number of likely N-dealkylation sites (N-methyl/N-ethyl adjacent to an activating group) is 1. The van der Waals surface area contributed by atoms with Crippen molar-refractivity contribution in [2.45, 2.75) is 39.0 Å². The van der Waals surface area contributed by atoms with Crippen molar-refractivity contribution in [1.82, 2.24) is 10.2 Å². The first-order valence-electron chi connectivity index (χ1n) is 6.25. The molecule has 0 radical (unpaired) electrons. The lowest BCUT2D eigenvalue weighted by atomic mass is 10.2. The van der Waals surface area contributed by atoms with Gasteiger partial charge in [0.1, 0.15) is 0 Å². The number of nitrogens with one attached hydrogen (secondary N) is 1. The van der Waals surface area contributed by atoms with E-state index in [1.807, 2.05) is 0 Å². The highest BCUT2D eigenvalue weighted by atomic mass is 16.5. The van der Waals surface area contributed by atoms with Gasteiger partial charge in [-0.2, -0.15) is 0 Å². The third-order valence-corrected chi connectivity index (χ3v) is 2.83. The Morgan fingerprint density at radius 1 is 1.38 bits per heavy atom. The van der Waals surface area contributed by atoms with Crippen LogP contribution >= 0.6 is 0 Å². The van der Waals surface area contributed by atoms with Crippen molar-refractivity contribution in [3.05, 3.63) is 0 Å². The third-order valence-electron chi connectivity index (χ3n) is 2.83. The van der Waals surface area contributed by atoms with Crippen molar-refractivity contribution >= 4 is 0 Å². The average Bonchev–Trinajstić information content (AvgIpc) is 2.16. The van der Waals surface area contributed by atoms with E-state index in [9.17, 15) is 0 Å². The lowest BCUT2D eigenvalue weighted by molar-refractivity contribution is -0.0713. The van der Waals surface area contributed by atoms with Gasteiger partial charge in [-0.05, 0) is 20.4 Å². The van der Waals surface area contributed by atoms with Crippen LogP contribution in [0.4, 0.5) is 0 Å². The van der Waals surface area contributed by atoms with Crippen LogP contribution in [0.3, 0.4) is 0 Å². The van der Waals surface area contributed by atoms with Crippen LogP contribution in [-0.4, -0.2) is 63.0 Å². The first kappa shape index (κ1) is 13.9. The SMILES string of the molecule is CCNC(COC)CN1CC(C)OC(C)C1. The maximum absolute atomic E-state index is 5.72. The number of nitrogens with zero attached hydrogens (tertiary/aromatic N) is 1. The summed E-state index contributed by atoms with van der Waals surface area (Å²) >= 11 is 0. The quantitative estimate of drug-likeness (QED) is 0.729. The molecular weight excluding hydrogens is 204 g/mol. The Labute approximate surface area is 99.3 Å². The van der Waals surface area contributed by atoms with Crippen LogP contribution in [0.25, 0.3) is 0 Å². The summed E-state index contributed by atoms with van der Waals surface area (Å²) in [6, 6.07) is 0.424. The highest BCUT2D eigenvalue weighted by Gasteiger charge is 2.23. The molecule has 1 aliphatic heterocycles. The van der Waals surface area contributed by atoms with Crippen molar-refractivity contribution in [2.75, 3.05) is 39.9 Å². The van der Waals surface area contributed by atoms with Crippen molar-refractivity contribution in [2.24, 2.45) is 0 Å². The third kappa shape index (κ3) is 4.78. The Hall–Kier alpha value is -0.160. The molecule has 96 valence electrons. The molecule has 0 aromatic heterocycles. The van der Waals surface area contributed by atoms with Gasteiger partial charge in [-0.25, -0.2) is 0 Å². The van der Waals surface area contributed by atoms with Crippen LogP contribution in [-0.2, 0) is 9.47 Å². The summed E-state index contributed by atoms with van der Waals surface area (Å²) in [6.07, 6.45) is 0.683. The number of methoxy groups -OCH3 is 1. The van der Waals surface area contributed by atoms with Crippen LogP contribution in [0.1, 0.15) is 20.8 Å². The van der Waals surface area contributed by atoms with Gasteiger partial charge < -0.3 is 14.8 Å².